The van der Waals surface area contributed by atoms with Crippen molar-refractivity contribution in [1.82, 2.24) is 4.57 Å². The van der Waals surface area contributed by atoms with Crippen LogP contribution in [0.25, 0.3) is 6.20 Å². The van der Waals surface area contributed by atoms with Crippen molar-refractivity contribution in [2.24, 2.45) is 0 Å². The first-order valence-corrected chi connectivity index (χ1v) is 3.67. The van der Waals surface area contributed by atoms with Crippen molar-refractivity contribution < 1.29 is 21.5 Å². The van der Waals surface area contributed by atoms with Crippen LogP contribution in [0.3, 0.4) is 0 Å². The summed E-state index contributed by atoms with van der Waals surface area (Å²) in [6.07, 6.45) is 10.7. The van der Waals surface area contributed by atoms with Gasteiger partial charge in [-0.15, -0.1) is 6.58 Å². The van der Waals surface area contributed by atoms with Gasteiger partial charge in [0.15, 0.2) is 0 Å². The number of aromatic nitrogens is 2. The quantitative estimate of drug-likeness (QED) is 0.437. The van der Waals surface area contributed by atoms with E-state index in [9.17, 15) is 0 Å². The molecule has 66 valence electrons. The van der Waals surface area contributed by atoms with Gasteiger partial charge in [0.25, 0.3) is 0 Å². The lowest BCUT2D eigenvalue weighted by Crippen LogP contribution is -3.00. The lowest BCUT2D eigenvalue weighted by molar-refractivity contribution is -0.695. The maximum absolute atomic E-state index is 3.66. The summed E-state index contributed by atoms with van der Waals surface area (Å²) < 4.78 is 4.02. The average Bonchev–Trinajstić information content (AvgIpc) is 2.48. The van der Waals surface area contributed by atoms with E-state index in [1.54, 1.807) is 6.20 Å². The van der Waals surface area contributed by atoms with Crippen molar-refractivity contribution in [2.75, 3.05) is 0 Å². The smallest absolute Gasteiger partial charge is 0.248 e. The Balaban J connectivity index is 0.00000121. The third-order valence-electron chi connectivity index (χ3n) is 1.51. The second kappa shape index (κ2) is 5.77. The molecule has 0 aliphatic rings. The Morgan fingerprint density at radius 2 is 2.17 bits per heavy atom. The topological polar surface area (TPSA) is 8.81 Å². The van der Waals surface area contributed by atoms with Crippen molar-refractivity contribution in [3.63, 3.8) is 0 Å². The minimum atomic E-state index is 0. The third-order valence-corrected chi connectivity index (χ3v) is 1.51. The molecular formula is C9H13BrN2. The van der Waals surface area contributed by atoms with E-state index in [4.69, 9.17) is 0 Å². The number of rotatable bonds is 4. The zero-order valence-corrected chi connectivity index (χ0v) is 8.57. The van der Waals surface area contributed by atoms with E-state index in [1.807, 2.05) is 29.4 Å². The van der Waals surface area contributed by atoms with Gasteiger partial charge in [-0.1, -0.05) is 12.7 Å². The van der Waals surface area contributed by atoms with Crippen LogP contribution in [-0.4, -0.2) is 4.57 Å². The van der Waals surface area contributed by atoms with Gasteiger partial charge in [-0.25, -0.2) is 9.13 Å². The Kier molecular flexibility index (Phi) is 5.37. The van der Waals surface area contributed by atoms with E-state index >= 15 is 0 Å². The highest BCUT2D eigenvalue weighted by atomic mass is 79.9. The van der Waals surface area contributed by atoms with Gasteiger partial charge in [0, 0.05) is 6.42 Å². The monoisotopic (exact) mass is 228 g/mol. The second-order valence-corrected chi connectivity index (χ2v) is 2.36. The molecule has 0 fully saturated rings. The molecule has 0 aromatic carbocycles. The van der Waals surface area contributed by atoms with Gasteiger partial charge in [0.05, 0.1) is 12.7 Å². The number of nitrogens with zero attached hydrogens (tertiary/aromatic N) is 2. The molecule has 1 aromatic heterocycles. The SMILES string of the molecule is C=CCC[n+]1ccn(C=C)c1.[Br-]. The predicted molar refractivity (Wildman–Crippen MR) is 45.8 cm³/mol. The van der Waals surface area contributed by atoms with Crippen molar-refractivity contribution in [3.8, 4) is 0 Å². The van der Waals surface area contributed by atoms with Crippen LogP contribution < -0.4 is 21.5 Å². The molecule has 1 rings (SSSR count). The lowest BCUT2D eigenvalue weighted by Gasteiger charge is -1.88. The van der Waals surface area contributed by atoms with Crippen LogP contribution in [0.1, 0.15) is 6.42 Å². The largest absolute Gasteiger partial charge is 1.00 e. The zero-order valence-electron chi connectivity index (χ0n) is 6.99. The predicted octanol–water partition coefficient (Wildman–Crippen LogP) is -1.54. The van der Waals surface area contributed by atoms with Gasteiger partial charge in [-0.05, 0) is 0 Å². The lowest BCUT2D eigenvalue weighted by atomic mass is 10.4. The Hall–Kier alpha value is -0.830. The first-order valence-electron chi connectivity index (χ1n) is 3.67. The van der Waals surface area contributed by atoms with Crippen LogP contribution in [0.2, 0.25) is 0 Å². The first-order chi connectivity index (χ1) is 5.36. The molecular weight excluding hydrogens is 216 g/mol. The van der Waals surface area contributed by atoms with E-state index in [-0.39, 0.29) is 17.0 Å². The normalized spacial score (nSPS) is 8.67. The van der Waals surface area contributed by atoms with Gasteiger partial charge < -0.3 is 17.0 Å². The minimum absolute atomic E-state index is 0. The molecule has 2 nitrogen and oxygen atoms in total. The number of hydrogen-bond acceptors (Lipinski definition) is 0. The number of aryl methyl sites for hydroxylation is 1. The highest BCUT2D eigenvalue weighted by molar-refractivity contribution is 5.12. The number of allylic oxidation sites excluding steroid dienone is 1. The molecule has 1 aromatic rings. The fourth-order valence-electron chi connectivity index (χ4n) is 0.891. The zero-order chi connectivity index (χ0) is 8.10. The third kappa shape index (κ3) is 3.05. The standard InChI is InChI=1S/C9H13N2.BrH/c1-3-5-6-11-8-7-10(4-2)9-11;/h3-4,7-9H,1-2,5-6H2;1H/q+1;/p-1. The highest BCUT2D eigenvalue weighted by Crippen LogP contribution is 1.85. The Morgan fingerprint density at radius 3 is 2.67 bits per heavy atom. The second-order valence-electron chi connectivity index (χ2n) is 2.36. The van der Waals surface area contributed by atoms with Gasteiger partial charge in [-0.2, -0.15) is 0 Å². The van der Waals surface area contributed by atoms with Gasteiger partial charge in [0.2, 0.25) is 6.33 Å². The molecule has 12 heavy (non-hydrogen) atoms. The molecule has 0 aliphatic carbocycles. The molecule has 0 unspecified atom stereocenters. The van der Waals surface area contributed by atoms with E-state index < -0.39 is 0 Å². The minimum Gasteiger partial charge on any atom is -1.00 e. The van der Waals surface area contributed by atoms with Crippen LogP contribution in [0.5, 0.6) is 0 Å². The van der Waals surface area contributed by atoms with Crippen molar-refractivity contribution in [3.05, 3.63) is 38.0 Å². The molecule has 3 heteroatoms. The molecule has 0 N–H and O–H groups in total. The van der Waals surface area contributed by atoms with Crippen LogP contribution in [0.4, 0.5) is 0 Å². The van der Waals surface area contributed by atoms with Crippen LogP contribution in [-0.2, 0) is 6.54 Å². The van der Waals surface area contributed by atoms with Crippen molar-refractivity contribution >= 4 is 6.20 Å². The molecule has 0 saturated heterocycles. The maximum atomic E-state index is 3.66. The summed E-state index contributed by atoms with van der Waals surface area (Å²) in [5.41, 5.74) is 0. The first kappa shape index (κ1) is 11.2. The number of imidazole rings is 1. The number of halogens is 1. The van der Waals surface area contributed by atoms with Crippen LogP contribution >= 0.6 is 0 Å². The summed E-state index contributed by atoms with van der Waals surface area (Å²) in [6, 6.07) is 0. The molecule has 0 atom stereocenters. The summed E-state index contributed by atoms with van der Waals surface area (Å²) in [4.78, 5) is 0. The molecule has 0 saturated carbocycles. The molecule has 0 aliphatic heterocycles. The average molecular weight is 229 g/mol. The van der Waals surface area contributed by atoms with Crippen LogP contribution in [0.15, 0.2) is 38.0 Å². The van der Waals surface area contributed by atoms with E-state index in [2.05, 4.69) is 17.7 Å². The van der Waals surface area contributed by atoms with E-state index in [0.29, 0.717) is 0 Å². The summed E-state index contributed by atoms with van der Waals surface area (Å²) in [7, 11) is 0. The molecule has 1 heterocycles. The molecule has 0 bridgehead atoms. The molecule has 0 amide bonds. The molecule has 0 spiro atoms. The Morgan fingerprint density at radius 1 is 1.42 bits per heavy atom. The highest BCUT2D eigenvalue weighted by Gasteiger charge is 1.97. The number of hydrogen-bond donors (Lipinski definition) is 0. The maximum Gasteiger partial charge on any atom is 0.248 e. The van der Waals surface area contributed by atoms with Gasteiger partial charge in [-0.3, -0.25) is 0 Å². The van der Waals surface area contributed by atoms with Crippen molar-refractivity contribution in [2.45, 2.75) is 13.0 Å². The van der Waals surface area contributed by atoms with E-state index in [1.165, 1.54) is 0 Å². The Labute approximate surface area is 83.6 Å². The van der Waals surface area contributed by atoms with Crippen molar-refractivity contribution in [1.29, 1.82) is 0 Å². The fraction of sp³-hybridized carbons (Fsp3) is 0.222. The molecule has 0 radical (unpaired) electrons. The van der Waals surface area contributed by atoms with Gasteiger partial charge in [0.1, 0.15) is 12.4 Å². The Bertz CT molecular complexity index is 253. The summed E-state index contributed by atoms with van der Waals surface area (Å²) >= 11 is 0. The summed E-state index contributed by atoms with van der Waals surface area (Å²) in [5.74, 6) is 0. The summed E-state index contributed by atoms with van der Waals surface area (Å²) in [6.45, 7) is 8.31. The van der Waals surface area contributed by atoms with E-state index in [0.717, 1.165) is 13.0 Å². The van der Waals surface area contributed by atoms with Crippen LogP contribution in [0, 0.1) is 0 Å². The fourth-order valence-corrected chi connectivity index (χ4v) is 0.891. The summed E-state index contributed by atoms with van der Waals surface area (Å²) in [5, 5.41) is 0. The van der Waals surface area contributed by atoms with Gasteiger partial charge >= 0.3 is 0 Å².